The van der Waals surface area contributed by atoms with Gasteiger partial charge in [0.15, 0.2) is 14.8 Å². The van der Waals surface area contributed by atoms with E-state index in [0.29, 0.717) is 34.4 Å². The molecule has 0 unspecified atom stereocenters. The van der Waals surface area contributed by atoms with Crippen LogP contribution < -0.4 is 0 Å². The van der Waals surface area contributed by atoms with Crippen molar-refractivity contribution in [2.45, 2.75) is 32.2 Å². The van der Waals surface area contributed by atoms with E-state index in [1.165, 1.54) is 17.6 Å². The van der Waals surface area contributed by atoms with Crippen LogP contribution in [0.1, 0.15) is 19.5 Å². The molecule has 0 fully saturated rings. The number of hydrogen-bond donors (Lipinski definition) is 0. The highest BCUT2D eigenvalue weighted by atomic mass is 32.2. The Bertz CT molecular complexity index is 1180. The maximum absolute atomic E-state index is 12.3. The van der Waals surface area contributed by atoms with Crippen molar-refractivity contribution in [1.29, 1.82) is 0 Å². The number of carbonyl (C=O) groups excluding carboxylic acids is 1. The molecule has 0 N–H and O–H groups in total. The van der Waals surface area contributed by atoms with Crippen molar-refractivity contribution in [3.8, 4) is 21.3 Å². The number of esters is 1. The van der Waals surface area contributed by atoms with E-state index < -0.39 is 9.84 Å². The molecule has 0 saturated carbocycles. The van der Waals surface area contributed by atoms with Gasteiger partial charge in [-0.1, -0.05) is 37.3 Å². The van der Waals surface area contributed by atoms with Gasteiger partial charge < -0.3 is 9.64 Å². The molecule has 0 amide bonds. The summed E-state index contributed by atoms with van der Waals surface area (Å²) >= 11 is 1.30. The average molecular weight is 478 g/mol. The molecular formula is C21H27N5O4S2. The highest BCUT2D eigenvalue weighted by Crippen LogP contribution is 2.31. The van der Waals surface area contributed by atoms with Crippen molar-refractivity contribution in [3.63, 3.8) is 0 Å². The summed E-state index contributed by atoms with van der Waals surface area (Å²) in [5, 5.41) is 14.0. The smallest absolute Gasteiger partial charge is 0.327 e. The number of rotatable bonds is 10. The van der Waals surface area contributed by atoms with E-state index in [-0.39, 0.29) is 17.4 Å². The molecule has 11 heteroatoms. The van der Waals surface area contributed by atoms with Crippen LogP contribution in [0.2, 0.25) is 0 Å². The summed E-state index contributed by atoms with van der Waals surface area (Å²) in [5.74, 6) is -0.368. The van der Waals surface area contributed by atoms with Crippen molar-refractivity contribution in [2.24, 2.45) is 0 Å². The van der Waals surface area contributed by atoms with E-state index in [4.69, 9.17) is 4.74 Å². The Morgan fingerprint density at radius 1 is 1.16 bits per heavy atom. The molecule has 3 rings (SSSR count). The molecule has 0 aliphatic heterocycles. The van der Waals surface area contributed by atoms with Crippen LogP contribution in [0.4, 0.5) is 0 Å². The second-order valence-electron chi connectivity index (χ2n) is 7.29. The van der Waals surface area contributed by atoms with Crippen LogP contribution in [0.3, 0.4) is 0 Å². The third-order valence-electron chi connectivity index (χ3n) is 4.90. The monoisotopic (exact) mass is 477 g/mol. The van der Waals surface area contributed by atoms with E-state index in [1.807, 2.05) is 13.0 Å². The molecule has 0 saturated heterocycles. The van der Waals surface area contributed by atoms with Crippen molar-refractivity contribution in [1.82, 2.24) is 24.9 Å². The summed E-state index contributed by atoms with van der Waals surface area (Å²) in [5.41, 5.74) is 2.06. The first-order valence-corrected chi connectivity index (χ1v) is 13.0. The maximum atomic E-state index is 12.3. The first kappa shape index (κ1) is 24.0. The molecule has 0 aliphatic carbocycles. The van der Waals surface area contributed by atoms with Crippen molar-refractivity contribution in [3.05, 3.63) is 36.0 Å². The van der Waals surface area contributed by atoms with Gasteiger partial charge >= 0.3 is 5.97 Å². The minimum absolute atomic E-state index is 0.0279. The molecule has 0 aliphatic rings. The van der Waals surface area contributed by atoms with Gasteiger partial charge in [-0.25, -0.2) is 8.42 Å². The van der Waals surface area contributed by atoms with Crippen LogP contribution >= 0.6 is 11.3 Å². The summed E-state index contributed by atoms with van der Waals surface area (Å²) in [6, 6.07) is 8.42. The first-order valence-electron chi connectivity index (χ1n) is 10.3. The molecular weight excluding hydrogens is 450 g/mol. The van der Waals surface area contributed by atoms with Gasteiger partial charge in [0.05, 0.1) is 16.3 Å². The summed E-state index contributed by atoms with van der Waals surface area (Å²) < 4.78 is 30.6. The highest BCUT2D eigenvalue weighted by molar-refractivity contribution is 7.90. The Balaban J connectivity index is 1.75. The normalized spacial score (nSPS) is 11.8. The predicted octanol–water partition coefficient (Wildman–Crippen LogP) is 2.67. The Labute approximate surface area is 192 Å². The minimum Gasteiger partial charge on any atom is -0.463 e. The topological polar surface area (TPSA) is 107 Å². The molecule has 2 aromatic heterocycles. The number of aryl methyl sites for hydroxylation is 1. The SMILES string of the molecule is CCN(CC)CCOC(=O)Cn1nc(C)cc1-c1nnc(-c2cccc(S(C)(=O)=O)c2)s1. The lowest BCUT2D eigenvalue weighted by Gasteiger charge is -2.17. The quantitative estimate of drug-likeness (QED) is 0.410. The largest absolute Gasteiger partial charge is 0.463 e. The van der Waals surface area contributed by atoms with Crippen LogP contribution in [0, 0.1) is 6.92 Å². The molecule has 172 valence electrons. The number of benzene rings is 1. The van der Waals surface area contributed by atoms with Gasteiger partial charge in [0, 0.05) is 18.4 Å². The number of sulfone groups is 1. The summed E-state index contributed by atoms with van der Waals surface area (Å²) in [6.45, 7) is 8.77. The molecule has 0 bridgehead atoms. The van der Waals surface area contributed by atoms with E-state index >= 15 is 0 Å². The van der Waals surface area contributed by atoms with E-state index in [0.717, 1.165) is 18.8 Å². The maximum Gasteiger partial charge on any atom is 0.327 e. The minimum atomic E-state index is -3.32. The van der Waals surface area contributed by atoms with Gasteiger partial charge in [-0.05, 0) is 38.2 Å². The van der Waals surface area contributed by atoms with Gasteiger partial charge in [-0.3, -0.25) is 9.48 Å². The first-order chi connectivity index (χ1) is 15.2. The van der Waals surface area contributed by atoms with E-state index in [1.54, 1.807) is 28.9 Å². The summed E-state index contributed by atoms with van der Waals surface area (Å²) in [4.78, 5) is 14.7. The summed E-state index contributed by atoms with van der Waals surface area (Å²) in [6.07, 6.45) is 1.17. The average Bonchev–Trinajstić information content (AvgIpc) is 3.37. The third kappa shape index (κ3) is 5.99. The van der Waals surface area contributed by atoms with Gasteiger partial charge in [0.1, 0.15) is 18.2 Å². The standard InChI is InChI=1S/C21H27N5O4S2/c1-5-25(6-2)10-11-30-19(27)14-26-18(12-15(3)24-26)21-23-22-20(31-21)16-8-7-9-17(13-16)32(4,28)29/h7-9,12-13H,5-6,10-11,14H2,1-4H3. The lowest BCUT2D eigenvalue weighted by molar-refractivity contribution is -0.144. The molecule has 2 heterocycles. The molecule has 32 heavy (non-hydrogen) atoms. The van der Waals surface area contributed by atoms with Crippen molar-refractivity contribution >= 4 is 27.1 Å². The summed E-state index contributed by atoms with van der Waals surface area (Å²) in [7, 11) is -3.32. The molecule has 0 radical (unpaired) electrons. The molecule has 1 aromatic carbocycles. The van der Waals surface area contributed by atoms with Gasteiger partial charge in [-0.2, -0.15) is 5.10 Å². The van der Waals surface area contributed by atoms with Crippen LogP contribution in [0.5, 0.6) is 0 Å². The van der Waals surface area contributed by atoms with Crippen LogP contribution in [-0.2, 0) is 25.9 Å². The number of aromatic nitrogens is 4. The van der Waals surface area contributed by atoms with Crippen LogP contribution in [-0.4, -0.2) is 71.8 Å². The van der Waals surface area contributed by atoms with Gasteiger partial charge in [-0.15, -0.1) is 10.2 Å². The molecule has 3 aromatic rings. The third-order valence-corrected chi connectivity index (χ3v) is 7.00. The zero-order valence-electron chi connectivity index (χ0n) is 18.6. The fourth-order valence-corrected chi connectivity index (χ4v) is 4.66. The number of carbonyl (C=O) groups is 1. The zero-order chi connectivity index (χ0) is 23.3. The number of hydrogen-bond acceptors (Lipinski definition) is 9. The van der Waals surface area contributed by atoms with E-state index in [2.05, 4.69) is 34.0 Å². The lowest BCUT2D eigenvalue weighted by Crippen LogP contribution is -2.28. The Morgan fingerprint density at radius 2 is 1.88 bits per heavy atom. The second-order valence-corrected chi connectivity index (χ2v) is 10.3. The van der Waals surface area contributed by atoms with Gasteiger partial charge in [0.2, 0.25) is 0 Å². The van der Waals surface area contributed by atoms with E-state index in [9.17, 15) is 13.2 Å². The van der Waals surface area contributed by atoms with Crippen LogP contribution in [0.25, 0.3) is 21.3 Å². The van der Waals surface area contributed by atoms with Gasteiger partial charge in [0.25, 0.3) is 0 Å². The number of likely N-dealkylation sites (N-methyl/N-ethyl adjacent to an activating group) is 1. The lowest BCUT2D eigenvalue weighted by atomic mass is 10.2. The van der Waals surface area contributed by atoms with Crippen molar-refractivity contribution in [2.75, 3.05) is 32.5 Å². The highest BCUT2D eigenvalue weighted by Gasteiger charge is 2.18. The molecule has 9 nitrogen and oxygen atoms in total. The molecule has 0 spiro atoms. The molecule has 0 atom stereocenters. The Kier molecular flexibility index (Phi) is 7.75. The number of nitrogens with zero attached hydrogens (tertiary/aromatic N) is 5. The predicted molar refractivity (Wildman–Crippen MR) is 123 cm³/mol. The van der Waals surface area contributed by atoms with Crippen molar-refractivity contribution < 1.29 is 17.9 Å². The number of ether oxygens (including phenoxy) is 1. The fraction of sp³-hybridized carbons (Fsp3) is 0.429. The second kappa shape index (κ2) is 10.3. The zero-order valence-corrected chi connectivity index (χ0v) is 20.2. The Hall–Kier alpha value is -2.63. The van der Waals surface area contributed by atoms with Crippen LogP contribution in [0.15, 0.2) is 35.2 Å². The fourth-order valence-electron chi connectivity index (χ4n) is 3.14. The Morgan fingerprint density at radius 3 is 2.56 bits per heavy atom.